The number of hydrogen-bond acceptors (Lipinski definition) is 2. The lowest BCUT2D eigenvalue weighted by Crippen LogP contribution is -2.06. The fraction of sp³-hybridized carbons (Fsp3) is 0.200. The Kier molecular flexibility index (Phi) is 4.27. The maximum atomic E-state index is 13.3. The van der Waals surface area contributed by atoms with Crippen molar-refractivity contribution in [2.45, 2.75) is 19.8 Å². The Morgan fingerprint density at radius 1 is 1.32 bits per heavy atom. The molecule has 1 heterocycles. The van der Waals surface area contributed by atoms with Gasteiger partial charge in [0.15, 0.2) is 5.78 Å². The average molecular weight is 278 g/mol. The van der Waals surface area contributed by atoms with E-state index in [9.17, 15) is 9.18 Å². The van der Waals surface area contributed by atoms with Crippen molar-refractivity contribution in [2.24, 2.45) is 0 Å². The number of rotatable bonds is 4. The van der Waals surface area contributed by atoms with Crippen LogP contribution in [0.1, 0.15) is 28.5 Å². The molecule has 0 aliphatic rings. The van der Waals surface area contributed by atoms with Crippen molar-refractivity contribution in [3.05, 3.63) is 64.2 Å². The summed E-state index contributed by atoms with van der Waals surface area (Å²) >= 11 is 5.79. The highest BCUT2D eigenvalue weighted by Crippen LogP contribution is 2.21. The number of carbonyl (C=O) groups is 1. The number of pyridine rings is 1. The Labute approximate surface area is 116 Å². The van der Waals surface area contributed by atoms with E-state index in [0.717, 1.165) is 12.0 Å². The Morgan fingerprint density at radius 2 is 2.11 bits per heavy atom. The lowest BCUT2D eigenvalue weighted by atomic mass is 10.1. The first-order chi connectivity index (χ1) is 9.11. The summed E-state index contributed by atoms with van der Waals surface area (Å²) in [6.45, 7) is 2.04. The van der Waals surface area contributed by atoms with Crippen LogP contribution < -0.4 is 0 Å². The minimum Gasteiger partial charge on any atom is -0.294 e. The number of aryl methyl sites for hydroxylation is 1. The first-order valence-electron chi connectivity index (χ1n) is 6.03. The lowest BCUT2D eigenvalue weighted by Gasteiger charge is -2.04. The zero-order chi connectivity index (χ0) is 13.8. The van der Waals surface area contributed by atoms with E-state index in [1.165, 1.54) is 18.2 Å². The van der Waals surface area contributed by atoms with Gasteiger partial charge in [-0.1, -0.05) is 30.7 Å². The molecule has 0 saturated heterocycles. The summed E-state index contributed by atoms with van der Waals surface area (Å²) in [6, 6.07) is 7.97. The topological polar surface area (TPSA) is 30.0 Å². The van der Waals surface area contributed by atoms with Crippen LogP contribution in [0.4, 0.5) is 4.39 Å². The van der Waals surface area contributed by atoms with E-state index < -0.39 is 5.82 Å². The highest BCUT2D eigenvalue weighted by atomic mass is 35.5. The number of aromatic nitrogens is 1. The molecule has 0 radical (unpaired) electrons. The van der Waals surface area contributed by atoms with Crippen LogP contribution in [-0.2, 0) is 12.8 Å². The summed E-state index contributed by atoms with van der Waals surface area (Å²) in [7, 11) is 0. The van der Waals surface area contributed by atoms with Gasteiger partial charge in [0.1, 0.15) is 5.82 Å². The fourth-order valence-corrected chi connectivity index (χ4v) is 1.98. The van der Waals surface area contributed by atoms with Crippen molar-refractivity contribution in [3.8, 4) is 0 Å². The molecule has 2 aromatic rings. The number of nitrogens with zero attached hydrogens (tertiary/aromatic N) is 1. The molecule has 0 aliphatic heterocycles. The van der Waals surface area contributed by atoms with Crippen LogP contribution in [0.5, 0.6) is 0 Å². The van der Waals surface area contributed by atoms with Crippen LogP contribution in [0, 0.1) is 5.82 Å². The molecule has 2 rings (SSSR count). The first kappa shape index (κ1) is 13.7. The highest BCUT2D eigenvalue weighted by molar-refractivity contribution is 6.34. The molecule has 0 N–H and O–H groups in total. The van der Waals surface area contributed by atoms with E-state index in [-0.39, 0.29) is 22.8 Å². The number of Topliss-reactive ketones (excluding diaryl/α,β-unsaturated/α-hetero) is 1. The molecule has 0 aliphatic carbocycles. The molecule has 4 heteroatoms. The molecule has 2 nitrogen and oxygen atoms in total. The Balaban J connectivity index is 2.18. The number of ketones is 1. The van der Waals surface area contributed by atoms with Crippen LogP contribution >= 0.6 is 11.6 Å². The summed E-state index contributed by atoms with van der Waals surface area (Å²) in [5.74, 6) is -0.817. The number of halogens is 2. The summed E-state index contributed by atoms with van der Waals surface area (Å²) in [4.78, 5) is 16.3. The van der Waals surface area contributed by atoms with Gasteiger partial charge in [0.05, 0.1) is 11.4 Å². The van der Waals surface area contributed by atoms with Gasteiger partial charge in [-0.05, 0) is 30.2 Å². The molecule has 98 valence electrons. The Morgan fingerprint density at radius 3 is 2.74 bits per heavy atom. The van der Waals surface area contributed by atoms with Crippen LogP contribution in [0.3, 0.4) is 0 Å². The Hall–Kier alpha value is -1.74. The molecular formula is C15H13ClFNO. The Bertz CT molecular complexity index is 596. The smallest absolute Gasteiger partial charge is 0.170 e. The number of carbonyl (C=O) groups excluding carboxylic acids is 1. The minimum absolute atomic E-state index is 0.118. The normalized spacial score (nSPS) is 10.5. The highest BCUT2D eigenvalue weighted by Gasteiger charge is 2.14. The summed E-state index contributed by atoms with van der Waals surface area (Å²) < 4.78 is 13.3. The molecule has 1 aromatic heterocycles. The van der Waals surface area contributed by atoms with E-state index in [2.05, 4.69) is 4.98 Å². The summed E-state index contributed by atoms with van der Waals surface area (Å²) in [5.41, 5.74) is 1.96. The predicted molar refractivity (Wildman–Crippen MR) is 73.1 cm³/mol. The predicted octanol–water partition coefficient (Wildman–Crippen LogP) is 3.86. The third kappa shape index (κ3) is 3.18. The second-order valence-electron chi connectivity index (χ2n) is 4.21. The standard InChI is InChI=1S/C15H13ClFNO/c1-2-10-6-7-11(18-9-10)8-14(19)12-4-3-5-13(17)15(12)16/h3-7,9H,2,8H2,1H3. The number of benzene rings is 1. The van der Waals surface area contributed by atoms with Crippen molar-refractivity contribution in [3.63, 3.8) is 0 Å². The molecule has 0 atom stereocenters. The van der Waals surface area contributed by atoms with Gasteiger partial charge in [0.2, 0.25) is 0 Å². The third-order valence-electron chi connectivity index (χ3n) is 2.89. The van der Waals surface area contributed by atoms with E-state index >= 15 is 0 Å². The van der Waals surface area contributed by atoms with Gasteiger partial charge < -0.3 is 0 Å². The third-order valence-corrected chi connectivity index (χ3v) is 3.27. The van der Waals surface area contributed by atoms with Crippen LogP contribution in [0.15, 0.2) is 36.5 Å². The molecule has 19 heavy (non-hydrogen) atoms. The molecule has 0 saturated carbocycles. The largest absolute Gasteiger partial charge is 0.294 e. The van der Waals surface area contributed by atoms with E-state index in [1.807, 2.05) is 19.1 Å². The van der Waals surface area contributed by atoms with Crippen LogP contribution in [-0.4, -0.2) is 10.8 Å². The van der Waals surface area contributed by atoms with Crippen molar-refractivity contribution in [1.82, 2.24) is 4.98 Å². The van der Waals surface area contributed by atoms with Gasteiger partial charge in [-0.3, -0.25) is 9.78 Å². The van der Waals surface area contributed by atoms with Crippen LogP contribution in [0.25, 0.3) is 0 Å². The zero-order valence-corrected chi connectivity index (χ0v) is 11.2. The van der Waals surface area contributed by atoms with Gasteiger partial charge in [0.25, 0.3) is 0 Å². The van der Waals surface area contributed by atoms with Crippen LogP contribution in [0.2, 0.25) is 5.02 Å². The van der Waals surface area contributed by atoms with Crippen molar-refractivity contribution < 1.29 is 9.18 Å². The lowest BCUT2D eigenvalue weighted by molar-refractivity contribution is 0.0991. The van der Waals surface area contributed by atoms with Gasteiger partial charge in [-0.25, -0.2) is 4.39 Å². The summed E-state index contributed by atoms with van der Waals surface area (Å²) in [5, 5.41) is -0.127. The average Bonchev–Trinajstić information content (AvgIpc) is 2.42. The van der Waals surface area contributed by atoms with Gasteiger partial charge in [-0.15, -0.1) is 0 Å². The van der Waals surface area contributed by atoms with Gasteiger partial charge >= 0.3 is 0 Å². The number of hydrogen-bond donors (Lipinski definition) is 0. The first-order valence-corrected chi connectivity index (χ1v) is 6.40. The molecule has 0 bridgehead atoms. The van der Waals surface area contributed by atoms with Gasteiger partial charge in [-0.2, -0.15) is 0 Å². The monoisotopic (exact) mass is 277 g/mol. The molecule has 0 fully saturated rings. The minimum atomic E-state index is -0.582. The molecule has 0 amide bonds. The van der Waals surface area contributed by atoms with Crippen molar-refractivity contribution in [1.29, 1.82) is 0 Å². The molecule has 0 spiro atoms. The molecule has 1 aromatic carbocycles. The maximum Gasteiger partial charge on any atom is 0.170 e. The zero-order valence-electron chi connectivity index (χ0n) is 10.5. The summed E-state index contributed by atoms with van der Waals surface area (Å²) in [6.07, 6.45) is 2.76. The van der Waals surface area contributed by atoms with Crippen molar-refractivity contribution in [2.75, 3.05) is 0 Å². The quantitative estimate of drug-likeness (QED) is 0.794. The fourth-order valence-electron chi connectivity index (χ4n) is 1.75. The SMILES string of the molecule is CCc1ccc(CC(=O)c2cccc(F)c2Cl)nc1. The van der Waals surface area contributed by atoms with Crippen molar-refractivity contribution >= 4 is 17.4 Å². The maximum absolute atomic E-state index is 13.3. The molecular weight excluding hydrogens is 265 g/mol. The van der Waals surface area contributed by atoms with Gasteiger partial charge in [0, 0.05) is 17.5 Å². The second-order valence-corrected chi connectivity index (χ2v) is 4.59. The van der Waals surface area contributed by atoms with E-state index in [4.69, 9.17) is 11.6 Å². The van der Waals surface area contributed by atoms with E-state index in [1.54, 1.807) is 6.20 Å². The van der Waals surface area contributed by atoms with E-state index in [0.29, 0.717) is 5.69 Å². The second kappa shape index (κ2) is 5.93. The molecule has 0 unspecified atom stereocenters.